The van der Waals surface area contributed by atoms with E-state index < -0.39 is 12.0 Å². The Labute approximate surface area is 128 Å². The van der Waals surface area contributed by atoms with Crippen LogP contribution in [0, 0.1) is 0 Å². The Hall–Kier alpha value is -1.44. The number of carboxylic acid groups (broad SMARTS) is 1. The summed E-state index contributed by atoms with van der Waals surface area (Å²) in [7, 11) is 0. The van der Waals surface area contributed by atoms with Crippen LogP contribution < -0.4 is 5.32 Å². The van der Waals surface area contributed by atoms with Gasteiger partial charge in [-0.1, -0.05) is 6.92 Å². The molecule has 1 rings (SSSR count). The molecule has 2 unspecified atom stereocenters. The van der Waals surface area contributed by atoms with Crippen molar-refractivity contribution in [1.29, 1.82) is 0 Å². The molecule has 2 N–H and O–H groups in total. The van der Waals surface area contributed by atoms with Crippen LogP contribution in [-0.2, 0) is 14.3 Å². The van der Waals surface area contributed by atoms with Crippen molar-refractivity contribution < 1.29 is 24.2 Å². The maximum Gasteiger partial charge on any atom is 0.327 e. The second-order valence-corrected chi connectivity index (χ2v) is 5.81. The van der Waals surface area contributed by atoms with Crippen molar-refractivity contribution in [2.24, 2.45) is 0 Å². The average molecular weight is 318 g/mol. The molecule has 1 fully saturated rings. The number of amides is 2. The molecule has 0 saturated carbocycles. The number of esters is 1. The number of urea groups is 1. The highest BCUT2D eigenvalue weighted by Crippen LogP contribution is 2.31. The van der Waals surface area contributed by atoms with Crippen LogP contribution in [0.1, 0.15) is 33.1 Å². The Bertz CT molecular complexity index is 391. The number of carbonyl (C=O) groups excluding carboxylic acids is 2. The molecule has 0 radical (unpaired) electrons. The van der Waals surface area contributed by atoms with Gasteiger partial charge in [0.2, 0.25) is 0 Å². The number of hydrogen-bond donors (Lipinski definition) is 2. The average Bonchev–Trinajstić information content (AvgIpc) is 2.87. The molecule has 1 heterocycles. The van der Waals surface area contributed by atoms with Gasteiger partial charge in [-0.15, -0.1) is 11.8 Å². The first-order valence-electron chi connectivity index (χ1n) is 7.07. The van der Waals surface area contributed by atoms with E-state index in [-0.39, 0.29) is 23.8 Å². The number of ether oxygens (including phenoxy) is 1. The quantitative estimate of drug-likeness (QED) is 0.542. The largest absolute Gasteiger partial charge is 0.480 e. The minimum atomic E-state index is -0.986. The molecule has 0 aliphatic carbocycles. The van der Waals surface area contributed by atoms with E-state index in [9.17, 15) is 14.4 Å². The lowest BCUT2D eigenvalue weighted by atomic mass is 10.2. The lowest BCUT2D eigenvalue weighted by Crippen LogP contribution is -2.50. The Balaban J connectivity index is 2.41. The molecule has 0 aromatic heterocycles. The van der Waals surface area contributed by atoms with E-state index in [0.717, 1.165) is 0 Å². The zero-order valence-corrected chi connectivity index (χ0v) is 13.1. The van der Waals surface area contributed by atoms with Gasteiger partial charge in [-0.25, -0.2) is 9.59 Å². The van der Waals surface area contributed by atoms with E-state index in [2.05, 4.69) is 5.32 Å². The summed E-state index contributed by atoms with van der Waals surface area (Å²) in [6.45, 7) is 4.32. The SMILES string of the molecule is CCOC(=O)CCCNC(=O)N1C(CC)SCC1C(=O)O. The highest BCUT2D eigenvalue weighted by atomic mass is 32.2. The Morgan fingerprint density at radius 1 is 1.38 bits per heavy atom. The molecular weight excluding hydrogens is 296 g/mol. The van der Waals surface area contributed by atoms with E-state index >= 15 is 0 Å². The first-order chi connectivity index (χ1) is 10.0. The zero-order chi connectivity index (χ0) is 15.8. The number of nitrogens with one attached hydrogen (secondary N) is 1. The van der Waals surface area contributed by atoms with Crippen LogP contribution in [0.4, 0.5) is 4.79 Å². The number of carboxylic acids is 1. The smallest absolute Gasteiger partial charge is 0.327 e. The van der Waals surface area contributed by atoms with Gasteiger partial charge in [0.05, 0.1) is 12.0 Å². The van der Waals surface area contributed by atoms with Crippen molar-refractivity contribution in [2.75, 3.05) is 18.9 Å². The van der Waals surface area contributed by atoms with Crippen molar-refractivity contribution in [3.63, 3.8) is 0 Å². The summed E-state index contributed by atoms with van der Waals surface area (Å²) in [5, 5.41) is 11.7. The van der Waals surface area contributed by atoms with Crippen LogP contribution in [0.3, 0.4) is 0 Å². The fourth-order valence-corrected chi connectivity index (χ4v) is 3.44. The van der Waals surface area contributed by atoms with Crippen molar-refractivity contribution in [3.05, 3.63) is 0 Å². The van der Waals surface area contributed by atoms with Gasteiger partial charge in [-0.2, -0.15) is 0 Å². The third kappa shape index (κ3) is 5.11. The molecule has 1 saturated heterocycles. The monoisotopic (exact) mass is 318 g/mol. The highest BCUT2D eigenvalue weighted by Gasteiger charge is 2.40. The molecule has 0 spiro atoms. The fraction of sp³-hybridized carbons (Fsp3) is 0.769. The Morgan fingerprint density at radius 3 is 2.67 bits per heavy atom. The van der Waals surface area contributed by atoms with Crippen molar-refractivity contribution >= 4 is 29.7 Å². The first-order valence-corrected chi connectivity index (χ1v) is 8.12. The molecular formula is C13H22N2O5S. The summed E-state index contributed by atoms with van der Waals surface area (Å²) in [5.74, 6) is -0.872. The van der Waals surface area contributed by atoms with Gasteiger partial charge < -0.3 is 15.2 Å². The minimum Gasteiger partial charge on any atom is -0.480 e. The highest BCUT2D eigenvalue weighted by molar-refractivity contribution is 8.00. The predicted octanol–water partition coefficient (Wildman–Crippen LogP) is 1.28. The van der Waals surface area contributed by atoms with Crippen LogP contribution in [0.15, 0.2) is 0 Å². The van der Waals surface area contributed by atoms with Gasteiger partial charge in [-0.3, -0.25) is 9.69 Å². The van der Waals surface area contributed by atoms with E-state index in [1.54, 1.807) is 6.92 Å². The number of thioether (sulfide) groups is 1. The molecule has 2 atom stereocenters. The molecule has 120 valence electrons. The second kappa shape index (κ2) is 8.76. The molecule has 0 aromatic rings. The van der Waals surface area contributed by atoms with Crippen LogP contribution in [0.25, 0.3) is 0 Å². The van der Waals surface area contributed by atoms with Crippen LogP contribution in [0.2, 0.25) is 0 Å². The molecule has 1 aliphatic heterocycles. The predicted molar refractivity (Wildman–Crippen MR) is 79.1 cm³/mol. The molecule has 8 heteroatoms. The van der Waals surface area contributed by atoms with Crippen molar-refractivity contribution in [2.45, 2.75) is 44.5 Å². The third-order valence-electron chi connectivity index (χ3n) is 3.10. The van der Waals surface area contributed by atoms with Crippen LogP contribution in [0.5, 0.6) is 0 Å². The molecule has 21 heavy (non-hydrogen) atoms. The summed E-state index contributed by atoms with van der Waals surface area (Å²) in [5.41, 5.74) is 0. The fourth-order valence-electron chi connectivity index (χ4n) is 2.09. The maximum absolute atomic E-state index is 12.1. The molecule has 0 bridgehead atoms. The topological polar surface area (TPSA) is 95.9 Å². The summed E-state index contributed by atoms with van der Waals surface area (Å²) in [6.07, 6.45) is 1.41. The van der Waals surface area contributed by atoms with E-state index in [1.165, 1.54) is 16.7 Å². The third-order valence-corrected chi connectivity index (χ3v) is 4.55. The number of nitrogens with zero attached hydrogens (tertiary/aromatic N) is 1. The normalized spacial score (nSPS) is 21.1. The number of hydrogen-bond acceptors (Lipinski definition) is 5. The Kier molecular flexibility index (Phi) is 7.35. The summed E-state index contributed by atoms with van der Waals surface area (Å²) < 4.78 is 4.79. The zero-order valence-electron chi connectivity index (χ0n) is 12.3. The lowest BCUT2D eigenvalue weighted by Gasteiger charge is -2.26. The van der Waals surface area contributed by atoms with Gasteiger partial charge in [0, 0.05) is 18.7 Å². The van der Waals surface area contributed by atoms with Gasteiger partial charge in [0.25, 0.3) is 0 Å². The summed E-state index contributed by atoms with van der Waals surface area (Å²) in [4.78, 5) is 35.8. The maximum atomic E-state index is 12.1. The summed E-state index contributed by atoms with van der Waals surface area (Å²) in [6, 6.07) is -1.17. The van der Waals surface area contributed by atoms with E-state index in [4.69, 9.17) is 9.84 Å². The standard InChI is InChI=1S/C13H22N2O5S/c1-3-10-15(9(8-21-10)12(17)18)13(19)14-7-5-6-11(16)20-4-2/h9-10H,3-8H2,1-2H3,(H,14,19)(H,17,18). The van der Waals surface area contributed by atoms with Crippen molar-refractivity contribution in [1.82, 2.24) is 10.2 Å². The summed E-state index contributed by atoms with van der Waals surface area (Å²) >= 11 is 1.48. The van der Waals surface area contributed by atoms with Gasteiger partial charge in [-0.05, 0) is 19.8 Å². The van der Waals surface area contributed by atoms with Crippen molar-refractivity contribution in [3.8, 4) is 0 Å². The van der Waals surface area contributed by atoms with Gasteiger partial charge in [0.1, 0.15) is 6.04 Å². The van der Waals surface area contributed by atoms with Crippen LogP contribution in [-0.4, -0.2) is 58.3 Å². The molecule has 1 aliphatic rings. The first kappa shape index (κ1) is 17.6. The van der Waals surface area contributed by atoms with Crippen LogP contribution >= 0.6 is 11.8 Å². The van der Waals surface area contributed by atoms with E-state index in [1.807, 2.05) is 6.92 Å². The molecule has 0 aromatic carbocycles. The number of carbonyl (C=O) groups is 3. The molecule has 7 nitrogen and oxygen atoms in total. The Morgan fingerprint density at radius 2 is 2.10 bits per heavy atom. The second-order valence-electron chi connectivity index (χ2n) is 4.60. The minimum absolute atomic E-state index is 0.115. The molecule has 2 amide bonds. The van der Waals surface area contributed by atoms with Gasteiger partial charge in [0.15, 0.2) is 0 Å². The number of aliphatic carboxylic acids is 1. The van der Waals surface area contributed by atoms with Gasteiger partial charge >= 0.3 is 18.0 Å². The number of rotatable bonds is 7. The van der Waals surface area contributed by atoms with E-state index in [0.29, 0.717) is 31.7 Å². The lowest BCUT2D eigenvalue weighted by molar-refractivity contribution is -0.143.